The van der Waals surface area contributed by atoms with Gasteiger partial charge in [-0.25, -0.2) is 14.0 Å². The van der Waals surface area contributed by atoms with Crippen LogP contribution >= 0.6 is 11.6 Å². The van der Waals surface area contributed by atoms with Crippen molar-refractivity contribution in [3.05, 3.63) is 58.7 Å². The van der Waals surface area contributed by atoms with E-state index in [1.54, 1.807) is 19.1 Å². The molecule has 1 aromatic carbocycles. The summed E-state index contributed by atoms with van der Waals surface area (Å²) in [6.45, 7) is 1.94. The summed E-state index contributed by atoms with van der Waals surface area (Å²) in [6, 6.07) is 2.56. The number of rotatable bonds is 5. The van der Waals surface area contributed by atoms with Crippen molar-refractivity contribution in [3.8, 4) is 5.75 Å². The molecule has 0 radical (unpaired) electrons. The summed E-state index contributed by atoms with van der Waals surface area (Å²) in [6.07, 6.45) is 5.99. The van der Waals surface area contributed by atoms with Crippen LogP contribution in [0.1, 0.15) is 6.92 Å². The first-order valence-electron chi connectivity index (χ1n) is 7.61. The summed E-state index contributed by atoms with van der Waals surface area (Å²) >= 11 is 6.11. The minimum absolute atomic E-state index is 0.0243. The lowest BCUT2D eigenvalue weighted by Crippen LogP contribution is -2.27. The van der Waals surface area contributed by atoms with E-state index in [4.69, 9.17) is 25.8 Å². The molecule has 0 N–H and O–H groups in total. The smallest absolute Gasteiger partial charge is 0.355 e. The van der Waals surface area contributed by atoms with Crippen LogP contribution < -0.4 is 9.64 Å². The van der Waals surface area contributed by atoms with E-state index in [1.807, 2.05) is 0 Å². The van der Waals surface area contributed by atoms with E-state index in [1.165, 1.54) is 37.5 Å². The molecule has 0 amide bonds. The second kappa shape index (κ2) is 8.53. The highest BCUT2D eigenvalue weighted by atomic mass is 35.5. The third kappa shape index (κ3) is 3.88. The number of hydrogen-bond acceptors (Lipinski definition) is 6. The zero-order valence-corrected chi connectivity index (χ0v) is 15.2. The summed E-state index contributed by atoms with van der Waals surface area (Å²) in [5.74, 6) is -2.34. The maximum Gasteiger partial charge on any atom is 0.355 e. The average Bonchev–Trinajstić information content (AvgIpc) is 2.86. The van der Waals surface area contributed by atoms with E-state index < -0.39 is 17.8 Å². The largest absolute Gasteiger partial charge is 0.489 e. The number of esters is 2. The van der Waals surface area contributed by atoms with Gasteiger partial charge in [0.05, 0.1) is 37.1 Å². The second-order valence-corrected chi connectivity index (χ2v) is 5.39. The minimum Gasteiger partial charge on any atom is -0.489 e. The topological polar surface area (TPSA) is 65.1 Å². The molecule has 26 heavy (non-hydrogen) atoms. The quantitative estimate of drug-likeness (QED) is 0.729. The Morgan fingerprint density at radius 1 is 1.15 bits per heavy atom. The van der Waals surface area contributed by atoms with Gasteiger partial charge in [-0.15, -0.1) is 0 Å². The molecule has 1 aliphatic rings. The highest BCUT2D eigenvalue weighted by Gasteiger charge is 2.28. The molecule has 0 bridgehead atoms. The lowest BCUT2D eigenvalue weighted by atomic mass is 10.1. The molecule has 8 heteroatoms. The van der Waals surface area contributed by atoms with E-state index in [0.717, 1.165) is 6.07 Å². The van der Waals surface area contributed by atoms with Crippen LogP contribution in [-0.4, -0.2) is 32.8 Å². The molecule has 0 aromatic heterocycles. The summed E-state index contributed by atoms with van der Waals surface area (Å²) in [4.78, 5) is 25.7. The Balaban J connectivity index is 2.65. The van der Waals surface area contributed by atoms with E-state index in [0.29, 0.717) is 0 Å². The Morgan fingerprint density at radius 2 is 1.85 bits per heavy atom. The van der Waals surface area contributed by atoms with Gasteiger partial charge >= 0.3 is 11.9 Å². The number of benzene rings is 1. The van der Waals surface area contributed by atoms with Crippen molar-refractivity contribution >= 4 is 29.2 Å². The monoisotopic (exact) mass is 381 g/mol. The number of allylic oxidation sites excluding steroid dienone is 2. The molecule has 0 saturated heterocycles. The number of hydrogen-bond donors (Lipinski definition) is 0. The van der Waals surface area contributed by atoms with Crippen molar-refractivity contribution in [2.45, 2.75) is 6.92 Å². The Bertz CT molecular complexity index is 793. The number of carbonyl (C=O) groups excluding carboxylic acids is 2. The molecule has 0 fully saturated rings. The summed E-state index contributed by atoms with van der Waals surface area (Å²) in [5.41, 5.74) is 0.0245. The van der Waals surface area contributed by atoms with E-state index in [2.05, 4.69) is 0 Å². The fourth-order valence-electron chi connectivity index (χ4n) is 2.33. The van der Waals surface area contributed by atoms with Crippen LogP contribution in [0.5, 0.6) is 5.75 Å². The minimum atomic E-state index is -0.799. The van der Waals surface area contributed by atoms with Gasteiger partial charge in [-0.05, 0) is 25.1 Å². The van der Waals surface area contributed by atoms with Gasteiger partial charge in [-0.1, -0.05) is 17.7 Å². The number of halogens is 2. The molecule has 138 valence electrons. The van der Waals surface area contributed by atoms with Gasteiger partial charge in [-0.3, -0.25) is 0 Å². The molecular formula is C18H17ClFNO5. The highest BCUT2D eigenvalue weighted by Crippen LogP contribution is 2.35. The van der Waals surface area contributed by atoms with Crippen LogP contribution in [0.3, 0.4) is 0 Å². The lowest BCUT2D eigenvalue weighted by Gasteiger charge is -2.23. The van der Waals surface area contributed by atoms with Crippen LogP contribution in [0.15, 0.2) is 47.8 Å². The van der Waals surface area contributed by atoms with Gasteiger partial charge in [0.15, 0.2) is 11.6 Å². The van der Waals surface area contributed by atoms with Crippen molar-refractivity contribution < 1.29 is 28.2 Å². The Kier molecular flexibility index (Phi) is 6.41. The molecule has 0 atom stereocenters. The summed E-state index contributed by atoms with van der Waals surface area (Å²) in [7, 11) is 2.36. The first-order valence-corrected chi connectivity index (χ1v) is 7.99. The van der Waals surface area contributed by atoms with Gasteiger partial charge in [0, 0.05) is 12.3 Å². The Labute approximate surface area is 155 Å². The van der Waals surface area contributed by atoms with E-state index in [-0.39, 0.29) is 34.3 Å². The zero-order chi connectivity index (χ0) is 19.3. The molecule has 1 aromatic rings. The van der Waals surface area contributed by atoms with Crippen molar-refractivity contribution in [1.29, 1.82) is 0 Å². The maximum absolute atomic E-state index is 14.4. The van der Waals surface area contributed by atoms with Crippen LogP contribution in [0.4, 0.5) is 10.1 Å². The molecule has 0 spiro atoms. The van der Waals surface area contributed by atoms with Crippen molar-refractivity contribution in [2.24, 2.45) is 0 Å². The van der Waals surface area contributed by atoms with E-state index >= 15 is 0 Å². The van der Waals surface area contributed by atoms with Crippen LogP contribution in [-0.2, 0) is 19.1 Å². The molecule has 0 aliphatic carbocycles. The van der Waals surface area contributed by atoms with Gasteiger partial charge in [0.1, 0.15) is 5.70 Å². The molecule has 1 heterocycles. The average molecular weight is 382 g/mol. The molecule has 2 rings (SSSR count). The van der Waals surface area contributed by atoms with Crippen molar-refractivity contribution in [2.75, 3.05) is 25.7 Å². The van der Waals surface area contributed by atoms with Gasteiger partial charge in [0.25, 0.3) is 0 Å². The number of ether oxygens (including phenoxy) is 3. The molecule has 6 nitrogen and oxygen atoms in total. The fraction of sp³-hybridized carbons (Fsp3) is 0.222. The van der Waals surface area contributed by atoms with Crippen LogP contribution in [0.2, 0.25) is 5.02 Å². The first kappa shape index (κ1) is 19.5. The predicted octanol–water partition coefficient (Wildman–Crippen LogP) is 3.37. The molecule has 0 unspecified atom stereocenters. The SMILES string of the molecule is CCOc1c(F)cc(N2C=CC=CC(C(=O)OC)=C2C(=O)OC)cc1Cl. The van der Waals surface area contributed by atoms with Gasteiger partial charge in [0.2, 0.25) is 0 Å². The van der Waals surface area contributed by atoms with Crippen molar-refractivity contribution in [3.63, 3.8) is 0 Å². The number of methoxy groups -OCH3 is 2. The molecular weight excluding hydrogens is 365 g/mol. The lowest BCUT2D eigenvalue weighted by molar-refractivity contribution is -0.139. The van der Waals surface area contributed by atoms with E-state index in [9.17, 15) is 14.0 Å². The van der Waals surface area contributed by atoms with Crippen molar-refractivity contribution in [1.82, 2.24) is 0 Å². The summed E-state index contributed by atoms with van der Waals surface area (Å²) in [5, 5.41) is 0.0243. The molecule has 1 aliphatic heterocycles. The van der Waals surface area contributed by atoms with Crippen LogP contribution in [0.25, 0.3) is 0 Å². The fourth-order valence-corrected chi connectivity index (χ4v) is 2.59. The number of anilines is 1. The van der Waals surface area contributed by atoms with Gasteiger partial charge in [-0.2, -0.15) is 0 Å². The third-order valence-corrected chi connectivity index (χ3v) is 3.72. The predicted molar refractivity (Wildman–Crippen MR) is 94.4 cm³/mol. The van der Waals surface area contributed by atoms with Gasteiger partial charge < -0.3 is 19.1 Å². The molecule has 0 saturated carbocycles. The van der Waals surface area contributed by atoms with Crippen LogP contribution in [0, 0.1) is 5.82 Å². The Morgan fingerprint density at radius 3 is 2.42 bits per heavy atom. The maximum atomic E-state index is 14.4. The third-order valence-electron chi connectivity index (χ3n) is 3.44. The number of carbonyl (C=O) groups is 2. The zero-order valence-electron chi connectivity index (χ0n) is 14.4. The summed E-state index contributed by atoms with van der Waals surface area (Å²) < 4.78 is 29.1. The Hall–Kier alpha value is -2.80. The highest BCUT2D eigenvalue weighted by molar-refractivity contribution is 6.32. The standard InChI is InChI=1S/C18H17ClFNO5/c1-4-26-16-13(19)9-11(10-14(16)20)21-8-6-5-7-12(17(22)24-2)15(21)18(23)25-3/h5-10H,4H2,1-3H3. The second-order valence-electron chi connectivity index (χ2n) is 4.99. The first-order chi connectivity index (χ1) is 12.4. The number of nitrogens with zero attached hydrogens (tertiary/aromatic N) is 1. The normalized spacial score (nSPS) is 13.5.